The summed E-state index contributed by atoms with van der Waals surface area (Å²) in [6.07, 6.45) is 11.5. The second-order valence-corrected chi connectivity index (χ2v) is 9.48. The van der Waals surface area contributed by atoms with E-state index in [0.717, 1.165) is 59.7 Å². The Morgan fingerprint density at radius 1 is 1.25 bits per heavy atom. The summed E-state index contributed by atoms with van der Waals surface area (Å²) in [5.74, 6) is 0.168. The molecule has 1 saturated heterocycles. The molecule has 4 aromatic heterocycles. The normalized spacial score (nSPS) is 18.4. The van der Waals surface area contributed by atoms with Gasteiger partial charge < -0.3 is 5.32 Å². The fraction of sp³-hybridized carbons (Fsp3) is 0.360. The van der Waals surface area contributed by atoms with E-state index in [-0.39, 0.29) is 11.3 Å². The van der Waals surface area contributed by atoms with Gasteiger partial charge in [-0.2, -0.15) is 5.10 Å². The molecule has 0 saturated carbocycles. The van der Waals surface area contributed by atoms with E-state index >= 15 is 0 Å². The van der Waals surface area contributed by atoms with Gasteiger partial charge in [-0.3, -0.25) is 9.78 Å². The number of thiophene rings is 1. The van der Waals surface area contributed by atoms with Crippen molar-refractivity contribution in [3.8, 4) is 21.8 Å². The first kappa shape index (κ1) is 21.0. The molecule has 32 heavy (non-hydrogen) atoms. The minimum Gasteiger partial charge on any atom is -0.311 e. The summed E-state index contributed by atoms with van der Waals surface area (Å²) in [4.78, 5) is 23.5. The lowest BCUT2D eigenvalue weighted by atomic mass is 9.85. The molecule has 0 amide bonds. The van der Waals surface area contributed by atoms with E-state index < -0.39 is 0 Å². The van der Waals surface area contributed by atoms with Gasteiger partial charge in [-0.15, -0.1) is 11.3 Å². The molecule has 6 nitrogen and oxygen atoms in total. The first-order valence-corrected chi connectivity index (χ1v) is 12.2. The van der Waals surface area contributed by atoms with Gasteiger partial charge in [-0.05, 0) is 61.9 Å². The van der Waals surface area contributed by atoms with Gasteiger partial charge in [-0.1, -0.05) is 19.4 Å². The number of hydrogen-bond donors (Lipinski definition) is 1. The van der Waals surface area contributed by atoms with Crippen LogP contribution in [0.4, 0.5) is 0 Å². The molecular formula is C25H27N5OS. The van der Waals surface area contributed by atoms with E-state index in [1.807, 2.05) is 35.8 Å². The SMILES string of the molecule is CCC[C@@]1(CCC(=O)c2ccnc(-c3cnn4ccc(-c5cccs5)nc34)c2)CCCN1. The molecule has 5 rings (SSSR count). The Labute approximate surface area is 191 Å². The van der Waals surface area contributed by atoms with E-state index in [4.69, 9.17) is 4.98 Å². The largest absolute Gasteiger partial charge is 0.311 e. The van der Waals surface area contributed by atoms with Crippen LogP contribution in [0, 0.1) is 0 Å². The first-order chi connectivity index (χ1) is 15.7. The summed E-state index contributed by atoms with van der Waals surface area (Å²) in [6, 6.07) is 9.74. The van der Waals surface area contributed by atoms with Gasteiger partial charge >= 0.3 is 0 Å². The maximum absolute atomic E-state index is 13.1. The predicted octanol–water partition coefficient (Wildman–Crippen LogP) is 5.41. The fourth-order valence-corrected chi connectivity index (χ4v) is 5.45. The van der Waals surface area contributed by atoms with Crippen molar-refractivity contribution in [3.63, 3.8) is 0 Å². The maximum atomic E-state index is 13.1. The summed E-state index contributed by atoms with van der Waals surface area (Å²) in [5, 5.41) is 10.1. The Kier molecular flexibility index (Phi) is 5.85. The second kappa shape index (κ2) is 8.92. The Bertz CT molecular complexity index is 1220. The van der Waals surface area contributed by atoms with Gasteiger partial charge in [0, 0.05) is 29.9 Å². The van der Waals surface area contributed by atoms with Gasteiger partial charge in [0.1, 0.15) is 0 Å². The summed E-state index contributed by atoms with van der Waals surface area (Å²) in [7, 11) is 0. The molecule has 1 atom stereocenters. The molecule has 1 aliphatic rings. The number of fused-ring (bicyclic) bond motifs is 1. The quantitative estimate of drug-likeness (QED) is 0.367. The number of ketones is 1. The molecule has 0 bridgehead atoms. The number of carbonyl (C=O) groups excluding carboxylic acids is 1. The van der Waals surface area contributed by atoms with Crippen LogP contribution in [0.5, 0.6) is 0 Å². The number of hydrogen-bond acceptors (Lipinski definition) is 6. The molecule has 7 heteroatoms. The van der Waals surface area contributed by atoms with Crippen LogP contribution in [0.3, 0.4) is 0 Å². The highest BCUT2D eigenvalue weighted by molar-refractivity contribution is 7.13. The molecule has 164 valence electrons. The van der Waals surface area contributed by atoms with Crippen molar-refractivity contribution in [2.75, 3.05) is 6.54 Å². The number of aromatic nitrogens is 4. The smallest absolute Gasteiger partial charge is 0.165 e. The average Bonchev–Trinajstić information content (AvgIpc) is 3.58. The number of carbonyl (C=O) groups is 1. The Hall–Kier alpha value is -2.90. The van der Waals surface area contributed by atoms with Gasteiger partial charge in [0.05, 0.1) is 28.0 Å². The van der Waals surface area contributed by atoms with Crippen molar-refractivity contribution >= 4 is 22.8 Å². The molecule has 1 aliphatic heterocycles. The van der Waals surface area contributed by atoms with Crippen LogP contribution in [-0.2, 0) is 0 Å². The lowest BCUT2D eigenvalue weighted by molar-refractivity contribution is 0.0965. The number of nitrogens with one attached hydrogen (secondary N) is 1. The maximum Gasteiger partial charge on any atom is 0.165 e. The van der Waals surface area contributed by atoms with E-state index in [9.17, 15) is 4.79 Å². The molecule has 0 radical (unpaired) electrons. The Morgan fingerprint density at radius 3 is 2.97 bits per heavy atom. The molecule has 5 heterocycles. The van der Waals surface area contributed by atoms with E-state index in [1.54, 1.807) is 28.2 Å². The Morgan fingerprint density at radius 2 is 2.19 bits per heavy atom. The Balaban J connectivity index is 1.40. The van der Waals surface area contributed by atoms with Crippen molar-refractivity contribution in [1.82, 2.24) is 24.9 Å². The van der Waals surface area contributed by atoms with Gasteiger partial charge in [0.15, 0.2) is 11.4 Å². The van der Waals surface area contributed by atoms with Crippen molar-refractivity contribution in [2.24, 2.45) is 0 Å². The number of pyridine rings is 1. The third-order valence-corrected chi connectivity index (χ3v) is 7.28. The topological polar surface area (TPSA) is 72.2 Å². The standard InChI is InChI=1S/C25H27N5OS/c1-2-9-25(10-4-12-27-25)11-6-22(31)18-7-13-26-21(16-18)19-17-28-30-14-8-20(29-24(19)30)23-5-3-15-32-23/h3,5,7-8,13-17,27H,2,4,6,9-12H2,1H3/t25-/m0/s1. The minimum atomic E-state index is 0.130. The van der Waals surface area contributed by atoms with Crippen LogP contribution in [-0.4, -0.2) is 37.4 Å². The average molecular weight is 446 g/mol. The number of nitrogens with zero attached hydrogens (tertiary/aromatic N) is 4. The molecule has 0 unspecified atom stereocenters. The highest BCUT2D eigenvalue weighted by Crippen LogP contribution is 2.31. The second-order valence-electron chi connectivity index (χ2n) is 8.53. The minimum absolute atomic E-state index is 0.130. The van der Waals surface area contributed by atoms with Crippen molar-refractivity contribution in [3.05, 3.63) is 59.9 Å². The van der Waals surface area contributed by atoms with Crippen LogP contribution < -0.4 is 5.32 Å². The summed E-state index contributed by atoms with van der Waals surface area (Å²) in [6.45, 7) is 3.27. The van der Waals surface area contributed by atoms with Crippen molar-refractivity contribution < 1.29 is 4.79 Å². The third-order valence-electron chi connectivity index (χ3n) is 6.39. The molecular weight excluding hydrogens is 418 g/mol. The van der Waals surface area contributed by atoms with Crippen LogP contribution in [0.15, 0.2) is 54.3 Å². The highest BCUT2D eigenvalue weighted by Gasteiger charge is 2.32. The zero-order chi connectivity index (χ0) is 22.0. The van der Waals surface area contributed by atoms with Gasteiger partial charge in [-0.25, -0.2) is 9.50 Å². The number of rotatable bonds is 8. The predicted molar refractivity (Wildman–Crippen MR) is 128 cm³/mol. The monoisotopic (exact) mass is 445 g/mol. The highest BCUT2D eigenvalue weighted by atomic mass is 32.1. The van der Waals surface area contributed by atoms with E-state index in [0.29, 0.717) is 12.0 Å². The summed E-state index contributed by atoms with van der Waals surface area (Å²) in [5.41, 5.74) is 4.04. The molecule has 4 aromatic rings. The van der Waals surface area contributed by atoms with Crippen molar-refractivity contribution in [1.29, 1.82) is 0 Å². The van der Waals surface area contributed by atoms with E-state index in [2.05, 4.69) is 28.4 Å². The molecule has 0 aromatic carbocycles. The van der Waals surface area contributed by atoms with E-state index in [1.165, 1.54) is 6.42 Å². The van der Waals surface area contributed by atoms with Crippen molar-refractivity contribution in [2.45, 2.75) is 51.0 Å². The lowest BCUT2D eigenvalue weighted by Gasteiger charge is -2.29. The number of Topliss-reactive ketones (excluding diaryl/α,β-unsaturated/α-hetero) is 1. The van der Waals surface area contributed by atoms with Crippen LogP contribution in [0.2, 0.25) is 0 Å². The molecule has 0 spiro atoms. The molecule has 1 fully saturated rings. The fourth-order valence-electron chi connectivity index (χ4n) is 4.76. The third kappa shape index (κ3) is 4.10. The van der Waals surface area contributed by atoms with Gasteiger partial charge in [0.2, 0.25) is 0 Å². The zero-order valence-electron chi connectivity index (χ0n) is 18.3. The molecule has 0 aliphatic carbocycles. The molecule has 1 N–H and O–H groups in total. The summed E-state index contributed by atoms with van der Waals surface area (Å²) >= 11 is 1.66. The van der Waals surface area contributed by atoms with Crippen LogP contribution in [0.25, 0.3) is 27.5 Å². The van der Waals surface area contributed by atoms with Crippen LogP contribution >= 0.6 is 11.3 Å². The van der Waals surface area contributed by atoms with Crippen LogP contribution in [0.1, 0.15) is 55.8 Å². The van der Waals surface area contributed by atoms with Gasteiger partial charge in [0.25, 0.3) is 0 Å². The zero-order valence-corrected chi connectivity index (χ0v) is 19.1. The summed E-state index contributed by atoms with van der Waals surface area (Å²) < 4.78 is 1.75. The first-order valence-electron chi connectivity index (χ1n) is 11.3. The lowest BCUT2D eigenvalue weighted by Crippen LogP contribution is -2.39.